The summed E-state index contributed by atoms with van der Waals surface area (Å²) in [5.74, 6) is 0.346. The first-order valence-electron chi connectivity index (χ1n) is 14.4. The molecule has 0 radical (unpaired) electrons. The third kappa shape index (κ3) is 9.17. The first-order valence-corrected chi connectivity index (χ1v) is 14.4. The SMILES string of the molecule is CCOC(=O)CC1OB(O)c2cc(Oc3cccnn3)cc(C)c21.Cc1cc(Oc2cccnn2)cc2c1C(CC(=O)O)OB2O.[Li+].[OH-]. The summed E-state index contributed by atoms with van der Waals surface area (Å²) < 4.78 is 27.0. The summed E-state index contributed by atoms with van der Waals surface area (Å²) in [6, 6.07) is 13.6. The molecule has 2 aliphatic heterocycles. The smallest absolute Gasteiger partial charge is 0.870 e. The van der Waals surface area contributed by atoms with E-state index in [-0.39, 0.29) is 43.1 Å². The standard InChI is InChI=1S/C16H17BN2O5.C14H13BN2O5.Li.H2O/c1-3-22-15(20)9-13-16-10(2)7-11(8-12(16)17(21)24-13)23-14-5-4-6-18-19-14;1-8-5-9(21-12-3-2-4-16-17-12)6-10-14(8)11(7-13(18)19)22-15(10)20;;/h4-8,13,21H,3,9H2,1-2H3;2-6,11,20H,7H2,1H3,(H,18,19);;1H2/q;;+1;/p-1. The Morgan fingerprint density at radius 2 is 1.27 bits per heavy atom. The molecule has 2 aliphatic rings. The van der Waals surface area contributed by atoms with Crippen LogP contribution in [0.3, 0.4) is 0 Å². The third-order valence-electron chi connectivity index (χ3n) is 7.11. The van der Waals surface area contributed by atoms with Gasteiger partial charge in [-0.3, -0.25) is 9.59 Å². The van der Waals surface area contributed by atoms with Gasteiger partial charge in [0.1, 0.15) is 11.5 Å². The molecular formula is C30H31B2LiN4O11. The molecule has 0 amide bonds. The summed E-state index contributed by atoms with van der Waals surface area (Å²) in [6.07, 6.45) is 1.76. The number of aliphatic carboxylic acids is 1. The summed E-state index contributed by atoms with van der Waals surface area (Å²) in [4.78, 5) is 22.6. The first-order chi connectivity index (χ1) is 22.1. The van der Waals surface area contributed by atoms with Gasteiger partial charge in [-0.15, -0.1) is 10.2 Å². The number of nitrogens with zero attached hydrogens (tertiary/aromatic N) is 4. The van der Waals surface area contributed by atoms with Gasteiger partial charge in [-0.2, -0.15) is 10.2 Å². The first kappa shape index (κ1) is 38.1. The van der Waals surface area contributed by atoms with Crippen molar-refractivity contribution in [3.63, 3.8) is 0 Å². The average molecular weight is 652 g/mol. The zero-order chi connectivity index (χ0) is 32.8. The number of ether oxygens (including phenoxy) is 3. The summed E-state index contributed by atoms with van der Waals surface area (Å²) >= 11 is 0. The van der Waals surface area contributed by atoms with Crippen LogP contribution in [-0.2, 0) is 23.6 Å². The topological polar surface area (TPSA) is 223 Å². The zero-order valence-electron chi connectivity index (χ0n) is 26.6. The molecule has 0 bridgehead atoms. The number of carbonyl (C=O) groups is 2. The molecule has 18 heteroatoms. The summed E-state index contributed by atoms with van der Waals surface area (Å²) in [5.41, 5.74) is 4.24. The van der Waals surface area contributed by atoms with Gasteiger partial charge in [0.15, 0.2) is 0 Å². The maximum absolute atomic E-state index is 11.7. The number of carboxylic acid groups (broad SMARTS) is 1. The second-order valence-corrected chi connectivity index (χ2v) is 10.4. The molecule has 0 aliphatic carbocycles. The molecule has 4 aromatic rings. The Kier molecular flexibility index (Phi) is 13.6. The van der Waals surface area contributed by atoms with E-state index in [4.69, 9.17) is 28.6 Å². The van der Waals surface area contributed by atoms with Gasteiger partial charge in [0.25, 0.3) is 0 Å². The predicted octanol–water partition coefficient (Wildman–Crippen LogP) is -1.07. The van der Waals surface area contributed by atoms with E-state index < -0.39 is 32.4 Å². The third-order valence-corrected chi connectivity index (χ3v) is 7.11. The van der Waals surface area contributed by atoms with Crippen molar-refractivity contribution in [2.75, 3.05) is 6.61 Å². The molecular weight excluding hydrogens is 621 g/mol. The van der Waals surface area contributed by atoms with Crippen LogP contribution in [0.4, 0.5) is 0 Å². The zero-order valence-corrected chi connectivity index (χ0v) is 26.6. The number of carboxylic acids is 1. The molecule has 0 saturated carbocycles. The summed E-state index contributed by atoms with van der Waals surface area (Å²) in [6.45, 7) is 5.75. The minimum absolute atomic E-state index is 0. The molecule has 2 atom stereocenters. The molecule has 15 nitrogen and oxygen atoms in total. The van der Waals surface area contributed by atoms with Gasteiger partial charge < -0.3 is 44.2 Å². The Labute approximate surface area is 288 Å². The molecule has 4 N–H and O–H groups in total. The van der Waals surface area contributed by atoms with Gasteiger partial charge in [-0.05, 0) is 90.3 Å². The van der Waals surface area contributed by atoms with Gasteiger partial charge in [0.2, 0.25) is 11.8 Å². The van der Waals surface area contributed by atoms with Crippen molar-refractivity contribution >= 4 is 37.1 Å². The number of aromatic nitrogens is 4. The van der Waals surface area contributed by atoms with Gasteiger partial charge in [-0.1, -0.05) is 0 Å². The molecule has 2 unspecified atom stereocenters. The second-order valence-electron chi connectivity index (χ2n) is 10.4. The van der Waals surface area contributed by atoms with Crippen LogP contribution in [0.25, 0.3) is 0 Å². The number of aryl methyl sites for hydroxylation is 2. The van der Waals surface area contributed by atoms with Crippen molar-refractivity contribution < 1.29 is 72.6 Å². The Bertz CT molecular complexity index is 1710. The van der Waals surface area contributed by atoms with Crippen LogP contribution in [0, 0.1) is 13.8 Å². The second kappa shape index (κ2) is 17.2. The number of carbonyl (C=O) groups excluding carboxylic acids is 1. The summed E-state index contributed by atoms with van der Waals surface area (Å²) in [5, 5.41) is 44.2. The average Bonchev–Trinajstić information content (AvgIpc) is 3.49. The van der Waals surface area contributed by atoms with E-state index in [1.54, 1.807) is 55.6 Å². The van der Waals surface area contributed by atoms with Crippen molar-refractivity contribution in [1.82, 2.24) is 20.4 Å². The minimum Gasteiger partial charge on any atom is -0.870 e. The van der Waals surface area contributed by atoms with E-state index in [2.05, 4.69) is 20.4 Å². The number of esters is 1. The van der Waals surface area contributed by atoms with Gasteiger partial charge in [0, 0.05) is 24.5 Å². The monoisotopic (exact) mass is 652 g/mol. The Morgan fingerprint density at radius 3 is 1.67 bits per heavy atom. The van der Waals surface area contributed by atoms with E-state index in [0.29, 0.717) is 46.4 Å². The molecule has 244 valence electrons. The number of rotatable bonds is 9. The van der Waals surface area contributed by atoms with E-state index in [9.17, 15) is 19.6 Å². The number of fused-ring (bicyclic) bond motifs is 2. The van der Waals surface area contributed by atoms with Crippen LogP contribution in [0.5, 0.6) is 23.3 Å². The summed E-state index contributed by atoms with van der Waals surface area (Å²) in [7, 11) is -2.27. The molecule has 2 aromatic carbocycles. The Balaban J connectivity index is 0.000000251. The maximum Gasteiger partial charge on any atom is 1.00 e. The number of benzene rings is 2. The molecule has 48 heavy (non-hydrogen) atoms. The largest absolute Gasteiger partial charge is 1.00 e. The molecule has 6 rings (SSSR count). The fraction of sp³-hybridized carbons (Fsp3) is 0.267. The van der Waals surface area contributed by atoms with E-state index in [1.165, 1.54) is 6.20 Å². The van der Waals surface area contributed by atoms with Gasteiger partial charge in [-0.25, -0.2) is 0 Å². The van der Waals surface area contributed by atoms with Crippen LogP contribution >= 0.6 is 0 Å². The van der Waals surface area contributed by atoms with Crippen molar-refractivity contribution in [2.45, 2.75) is 45.8 Å². The van der Waals surface area contributed by atoms with Crippen LogP contribution in [0.1, 0.15) is 54.2 Å². The molecule has 0 spiro atoms. The molecule has 0 saturated heterocycles. The minimum atomic E-state index is -1.16. The molecule has 4 heterocycles. The quantitative estimate of drug-likeness (QED) is 0.145. The number of hydrogen-bond acceptors (Lipinski definition) is 14. The van der Waals surface area contributed by atoms with Crippen LogP contribution in [-0.4, -0.2) is 73.8 Å². The molecule has 0 fully saturated rings. The van der Waals surface area contributed by atoms with Crippen molar-refractivity contribution in [2.24, 2.45) is 0 Å². The van der Waals surface area contributed by atoms with Crippen LogP contribution in [0.15, 0.2) is 60.9 Å². The Morgan fingerprint density at radius 1 is 0.812 bits per heavy atom. The van der Waals surface area contributed by atoms with Crippen LogP contribution in [0.2, 0.25) is 0 Å². The maximum atomic E-state index is 11.7. The van der Waals surface area contributed by atoms with Crippen molar-refractivity contribution in [1.29, 1.82) is 0 Å². The normalized spacial score (nSPS) is 15.5. The van der Waals surface area contributed by atoms with E-state index in [1.807, 2.05) is 19.9 Å². The number of hydrogen-bond donors (Lipinski definition) is 3. The fourth-order valence-electron chi connectivity index (χ4n) is 5.34. The van der Waals surface area contributed by atoms with Crippen LogP contribution < -0.4 is 39.3 Å². The molecule has 2 aromatic heterocycles. The predicted molar refractivity (Wildman–Crippen MR) is 165 cm³/mol. The van der Waals surface area contributed by atoms with Crippen molar-refractivity contribution in [3.8, 4) is 23.3 Å². The fourth-order valence-corrected chi connectivity index (χ4v) is 5.34. The Hall–Kier alpha value is -4.33. The van der Waals surface area contributed by atoms with E-state index >= 15 is 0 Å². The van der Waals surface area contributed by atoms with E-state index in [0.717, 1.165) is 16.7 Å². The van der Waals surface area contributed by atoms with Crippen molar-refractivity contribution in [3.05, 3.63) is 83.2 Å². The van der Waals surface area contributed by atoms with Gasteiger partial charge in [0.05, 0.1) is 31.7 Å². The van der Waals surface area contributed by atoms with Gasteiger partial charge >= 0.3 is 45.0 Å².